The van der Waals surface area contributed by atoms with Crippen molar-refractivity contribution in [3.8, 4) is 68.6 Å². The molecule has 11 rings (SSSR count). The second kappa shape index (κ2) is 22.3. The topological polar surface area (TPSA) is 301 Å². The molecule has 2 atom stereocenters. The van der Waals surface area contributed by atoms with Crippen LogP contribution in [0.4, 0.5) is 11.6 Å². The fourth-order valence-electron chi connectivity index (χ4n) is 9.62. The molecule has 7 heterocycles. The lowest BCUT2D eigenvalue weighted by atomic mass is 10.0. The Bertz CT molecular complexity index is 3590. The van der Waals surface area contributed by atoms with Gasteiger partial charge in [-0.1, -0.05) is 55.5 Å². The first kappa shape index (κ1) is 51.7. The van der Waals surface area contributed by atoms with E-state index in [1.54, 1.807) is 48.5 Å². The molecule has 398 valence electrons. The van der Waals surface area contributed by atoms with Gasteiger partial charge in [-0.3, -0.25) is 0 Å². The van der Waals surface area contributed by atoms with Gasteiger partial charge in [0.2, 0.25) is 11.8 Å². The van der Waals surface area contributed by atoms with Crippen molar-refractivity contribution < 1.29 is 39.9 Å². The predicted octanol–water partition coefficient (Wildman–Crippen LogP) is 6.83. The van der Waals surface area contributed by atoms with Crippen molar-refractivity contribution in [2.24, 2.45) is 0 Å². The number of nitrogens with zero attached hydrogens (tertiary/aromatic N) is 8. The van der Waals surface area contributed by atoms with Crippen LogP contribution < -0.4 is 22.1 Å². The monoisotopic (exact) mass is 1080 g/mol. The van der Waals surface area contributed by atoms with Crippen molar-refractivity contribution in [1.82, 2.24) is 51.0 Å². The maximum atomic E-state index is 13.6. The predicted molar refractivity (Wildman–Crippen MR) is 285 cm³/mol. The SMILES string of the molecule is CCNCc1ccc(-c2nnc(-c3nc(-c4ccc(S(=O)(=O)C5CCOCC5)cc4)c(C4CC(NCc5ccc(-c6nnc(-c7nc(-c8ccc(S(=O)(=O)C9CCOCC9)cc8)cnc7N)o6)cc5)CO4)nc3N)o2)cc1. The first-order valence-corrected chi connectivity index (χ1v) is 28.6. The summed E-state index contributed by atoms with van der Waals surface area (Å²) in [7, 11) is -7.10. The van der Waals surface area contributed by atoms with Crippen LogP contribution in [0.25, 0.3) is 68.6 Å². The Labute approximate surface area is 444 Å². The van der Waals surface area contributed by atoms with Gasteiger partial charge >= 0.3 is 0 Å². The number of nitrogens with one attached hydrogen (secondary N) is 2. The van der Waals surface area contributed by atoms with Gasteiger partial charge in [0.15, 0.2) is 42.7 Å². The van der Waals surface area contributed by atoms with Gasteiger partial charge in [-0.25, -0.2) is 36.8 Å². The van der Waals surface area contributed by atoms with Crippen LogP contribution in [0.3, 0.4) is 0 Å². The van der Waals surface area contributed by atoms with Crippen molar-refractivity contribution in [3.63, 3.8) is 0 Å². The molecule has 0 bridgehead atoms. The summed E-state index contributed by atoms with van der Waals surface area (Å²) in [6, 6.07) is 28.6. The van der Waals surface area contributed by atoms with E-state index in [9.17, 15) is 16.8 Å². The third-order valence-electron chi connectivity index (χ3n) is 14.0. The summed E-state index contributed by atoms with van der Waals surface area (Å²) in [5.41, 5.74) is 19.4. The molecule has 23 heteroatoms. The molecule has 3 aliphatic heterocycles. The summed E-state index contributed by atoms with van der Waals surface area (Å²) in [6.45, 7) is 6.19. The quantitative estimate of drug-likeness (QED) is 0.0726. The molecule has 0 spiro atoms. The van der Waals surface area contributed by atoms with Crippen LogP contribution in [0.15, 0.2) is 122 Å². The Morgan fingerprint density at radius 1 is 0.558 bits per heavy atom. The maximum absolute atomic E-state index is 13.6. The van der Waals surface area contributed by atoms with E-state index < -0.39 is 36.3 Å². The number of nitrogens with two attached hydrogens (primary N) is 2. The highest BCUT2D eigenvalue weighted by molar-refractivity contribution is 7.92. The fourth-order valence-corrected chi connectivity index (χ4v) is 13.0. The Morgan fingerprint density at radius 2 is 1.05 bits per heavy atom. The Balaban J connectivity index is 0.773. The van der Waals surface area contributed by atoms with Crippen molar-refractivity contribution in [2.45, 2.75) is 84.6 Å². The highest BCUT2D eigenvalue weighted by Crippen LogP contribution is 2.39. The van der Waals surface area contributed by atoms with Crippen molar-refractivity contribution in [2.75, 3.05) is 51.0 Å². The van der Waals surface area contributed by atoms with Crippen molar-refractivity contribution in [1.29, 1.82) is 0 Å². The van der Waals surface area contributed by atoms with Gasteiger partial charge in [0.25, 0.3) is 11.8 Å². The van der Waals surface area contributed by atoms with E-state index in [0.29, 0.717) is 111 Å². The molecular weight excluding hydrogens is 1020 g/mol. The van der Waals surface area contributed by atoms with Crippen LogP contribution in [0.2, 0.25) is 0 Å². The van der Waals surface area contributed by atoms with E-state index in [1.807, 2.05) is 48.5 Å². The van der Waals surface area contributed by atoms with E-state index in [1.165, 1.54) is 6.20 Å². The van der Waals surface area contributed by atoms with Crippen LogP contribution in [-0.4, -0.2) is 113 Å². The summed E-state index contributed by atoms with van der Waals surface area (Å²) >= 11 is 0. The molecule has 77 heavy (non-hydrogen) atoms. The van der Waals surface area contributed by atoms with Crippen LogP contribution in [0.5, 0.6) is 0 Å². The number of benzene rings is 4. The maximum Gasteiger partial charge on any atom is 0.270 e. The Morgan fingerprint density at radius 3 is 1.60 bits per heavy atom. The minimum absolute atomic E-state index is 0.0699. The van der Waals surface area contributed by atoms with E-state index in [-0.39, 0.29) is 56.5 Å². The highest BCUT2D eigenvalue weighted by atomic mass is 32.2. The zero-order chi connectivity index (χ0) is 53.1. The molecule has 0 amide bonds. The van der Waals surface area contributed by atoms with Gasteiger partial charge in [-0.15, -0.1) is 20.4 Å². The molecule has 4 aromatic heterocycles. The van der Waals surface area contributed by atoms with Crippen LogP contribution in [-0.2, 0) is 47.0 Å². The van der Waals surface area contributed by atoms with Crippen LogP contribution in [0, 0.1) is 0 Å². The summed E-state index contributed by atoms with van der Waals surface area (Å²) in [4.78, 5) is 19.3. The third kappa shape index (κ3) is 11.1. The number of nitrogen functional groups attached to an aromatic ring is 2. The average molecular weight is 1080 g/mol. The first-order chi connectivity index (χ1) is 37.4. The minimum Gasteiger partial charge on any atom is -0.414 e. The molecule has 6 N–H and O–H groups in total. The van der Waals surface area contributed by atoms with Gasteiger partial charge in [-0.2, -0.15) is 0 Å². The number of sulfone groups is 2. The van der Waals surface area contributed by atoms with Gasteiger partial charge in [0.05, 0.1) is 50.2 Å². The average Bonchev–Trinajstić information content (AvgIpc) is 4.29. The van der Waals surface area contributed by atoms with Gasteiger partial charge in [0, 0.05) is 67.8 Å². The first-order valence-electron chi connectivity index (χ1n) is 25.5. The number of anilines is 2. The smallest absolute Gasteiger partial charge is 0.270 e. The van der Waals surface area contributed by atoms with Gasteiger partial charge < -0.3 is 45.1 Å². The van der Waals surface area contributed by atoms with Crippen LogP contribution in [0.1, 0.15) is 62.0 Å². The summed E-state index contributed by atoms with van der Waals surface area (Å²) < 4.78 is 83.1. The standard InChI is InChI=1S/C54H56N12O9S2/c1-2-57-28-32-3-7-36(8-4-32)52-64-66-54(75-52)48-50(56)62-46(45(61-48)35-13-17-40(18-14-35)77(69,70)42-21-25-72-26-22-42)44-27-38(31-73-44)58-29-33-5-9-37(10-6-33)51-63-65-53(74-51)47-49(55)59-30-43(60-47)34-11-15-39(16-12-34)76(67,68)41-19-23-71-24-20-41/h3-18,30,38,41-42,44,57-58H,2,19-29,31H2,1H3,(H2,55,59)(H2,56,62). The molecule has 4 aromatic carbocycles. The lowest BCUT2D eigenvalue weighted by Gasteiger charge is -2.22. The van der Waals surface area contributed by atoms with E-state index in [0.717, 1.165) is 29.8 Å². The van der Waals surface area contributed by atoms with Crippen LogP contribution >= 0.6 is 0 Å². The summed E-state index contributed by atoms with van der Waals surface area (Å²) in [5.74, 6) is 0.864. The van der Waals surface area contributed by atoms with Gasteiger partial charge in [0.1, 0.15) is 6.10 Å². The largest absolute Gasteiger partial charge is 0.414 e. The summed E-state index contributed by atoms with van der Waals surface area (Å²) in [5, 5.41) is 23.0. The molecule has 3 saturated heterocycles. The molecule has 21 nitrogen and oxygen atoms in total. The fraction of sp³-hybridized carbons (Fsp3) is 0.333. The molecule has 8 aromatic rings. The molecule has 3 fully saturated rings. The molecule has 0 radical (unpaired) electrons. The number of ether oxygens (including phenoxy) is 3. The third-order valence-corrected chi connectivity index (χ3v) is 18.6. The molecule has 2 unspecified atom stereocenters. The normalized spacial score (nSPS) is 17.7. The van der Waals surface area contributed by atoms with E-state index in [4.69, 9.17) is 44.5 Å². The van der Waals surface area contributed by atoms with Crippen molar-refractivity contribution in [3.05, 3.63) is 120 Å². The van der Waals surface area contributed by atoms with E-state index >= 15 is 0 Å². The zero-order valence-corrected chi connectivity index (χ0v) is 43.7. The lowest BCUT2D eigenvalue weighted by molar-refractivity contribution is 0.0983. The van der Waals surface area contributed by atoms with E-state index in [2.05, 4.69) is 47.9 Å². The number of hydrogen-bond acceptors (Lipinski definition) is 21. The lowest BCUT2D eigenvalue weighted by Crippen LogP contribution is -2.28. The number of aromatic nitrogens is 8. The second-order valence-corrected chi connectivity index (χ2v) is 23.5. The molecular formula is C54H56N12O9S2. The summed E-state index contributed by atoms with van der Waals surface area (Å²) in [6.07, 6.45) is 3.33. The molecule has 0 aliphatic carbocycles. The molecule has 0 saturated carbocycles. The van der Waals surface area contributed by atoms with Gasteiger partial charge in [-0.05, 0) is 98.3 Å². The highest BCUT2D eigenvalue weighted by Gasteiger charge is 2.34. The van der Waals surface area contributed by atoms with Crippen molar-refractivity contribution >= 4 is 31.3 Å². The Hall–Kier alpha value is -7.38. The number of rotatable bonds is 17. The minimum atomic E-state index is -3.60. The Kier molecular flexibility index (Phi) is 15.0. The number of hydrogen-bond donors (Lipinski definition) is 4. The molecule has 3 aliphatic rings. The zero-order valence-electron chi connectivity index (χ0n) is 42.0. The second-order valence-electron chi connectivity index (χ2n) is 19.1.